The first-order chi connectivity index (χ1) is 14.1. The van der Waals surface area contributed by atoms with E-state index in [4.69, 9.17) is 21.4 Å². The van der Waals surface area contributed by atoms with E-state index < -0.39 is 5.97 Å². The first-order valence-electron chi connectivity index (χ1n) is 9.19. The lowest BCUT2D eigenvalue weighted by Crippen LogP contribution is -2.37. The second kappa shape index (κ2) is 12.0. The van der Waals surface area contributed by atoms with Gasteiger partial charge in [0.15, 0.2) is 5.96 Å². The highest BCUT2D eigenvalue weighted by molar-refractivity contribution is 6.00. The van der Waals surface area contributed by atoms with Crippen molar-refractivity contribution < 1.29 is 29.0 Å². The number of ether oxygens (including phenoxy) is 1. The number of hydrogen-bond acceptors (Lipinski definition) is 6. The molecule has 0 aromatic heterocycles. The summed E-state index contributed by atoms with van der Waals surface area (Å²) >= 11 is 0. The molecular weight excluding hydrogens is 394 g/mol. The number of esters is 1. The number of nitrogens with two attached hydrogens (primary N) is 2. The van der Waals surface area contributed by atoms with Gasteiger partial charge in [-0.25, -0.2) is 4.99 Å². The number of carboxylic acid groups (broad SMARTS) is 1. The number of methoxy groups -OCH3 is 1. The number of carbonyl (C=O) groups excluding carboxylic acids is 3. The zero-order valence-electron chi connectivity index (χ0n) is 17.0. The summed E-state index contributed by atoms with van der Waals surface area (Å²) in [5, 5.41) is 10.2. The van der Waals surface area contributed by atoms with Crippen LogP contribution in [0.3, 0.4) is 0 Å². The van der Waals surface area contributed by atoms with Crippen molar-refractivity contribution in [3.05, 3.63) is 29.3 Å². The maximum absolute atomic E-state index is 12.4. The third kappa shape index (κ3) is 8.59. The Morgan fingerprint density at radius 1 is 1.27 bits per heavy atom. The van der Waals surface area contributed by atoms with Crippen molar-refractivity contribution in [3.8, 4) is 0 Å². The highest BCUT2D eigenvalue weighted by Gasteiger charge is 2.28. The molecule has 0 atom stereocenters. The highest BCUT2D eigenvalue weighted by atomic mass is 16.5. The van der Waals surface area contributed by atoms with Crippen molar-refractivity contribution in [1.29, 1.82) is 0 Å². The van der Waals surface area contributed by atoms with Gasteiger partial charge in [-0.3, -0.25) is 19.2 Å². The van der Waals surface area contributed by atoms with Gasteiger partial charge < -0.3 is 31.5 Å². The van der Waals surface area contributed by atoms with Crippen LogP contribution in [0, 0.1) is 0 Å². The minimum atomic E-state index is -0.833. The topological polar surface area (TPSA) is 177 Å². The predicted molar refractivity (Wildman–Crippen MR) is 109 cm³/mol. The summed E-state index contributed by atoms with van der Waals surface area (Å²) < 4.78 is 4.55. The Bertz CT molecular complexity index is 816. The van der Waals surface area contributed by atoms with E-state index in [2.05, 4.69) is 15.0 Å². The number of nitrogens with zero attached hydrogens (tertiary/aromatic N) is 2. The summed E-state index contributed by atoms with van der Waals surface area (Å²) in [6.45, 7) is 1.83. The number of amides is 2. The highest BCUT2D eigenvalue weighted by Crippen LogP contribution is 2.26. The number of fused-ring (bicyclic) bond motifs is 1. The number of aliphatic carboxylic acids is 1. The monoisotopic (exact) mass is 421 g/mol. The Morgan fingerprint density at radius 3 is 2.53 bits per heavy atom. The van der Waals surface area contributed by atoms with Crippen LogP contribution in [-0.2, 0) is 25.7 Å². The van der Waals surface area contributed by atoms with Gasteiger partial charge in [-0.05, 0) is 36.6 Å². The Hall–Kier alpha value is -3.63. The number of aliphatic imine (C=N–C) groups is 1. The van der Waals surface area contributed by atoms with Crippen LogP contribution in [-0.4, -0.2) is 59.9 Å². The first kappa shape index (κ1) is 24.4. The molecule has 164 valence electrons. The van der Waals surface area contributed by atoms with E-state index in [0.717, 1.165) is 12.5 Å². The lowest BCUT2D eigenvalue weighted by Gasteiger charge is -2.15. The zero-order valence-corrected chi connectivity index (χ0v) is 17.0. The largest absolute Gasteiger partial charge is 0.481 e. The number of carbonyl (C=O) groups is 4. The van der Waals surface area contributed by atoms with Crippen LogP contribution in [0.1, 0.15) is 42.1 Å². The summed E-state index contributed by atoms with van der Waals surface area (Å²) in [6.07, 6.45) is 1.62. The van der Waals surface area contributed by atoms with Gasteiger partial charge in [0.1, 0.15) is 6.54 Å². The number of nitrogens with one attached hydrogen (secondary N) is 1. The lowest BCUT2D eigenvalue weighted by atomic mass is 10.1. The van der Waals surface area contributed by atoms with Gasteiger partial charge in [-0.1, -0.05) is 0 Å². The fourth-order valence-electron chi connectivity index (χ4n) is 2.67. The van der Waals surface area contributed by atoms with E-state index in [1.807, 2.05) is 0 Å². The molecule has 0 fully saturated rings. The molecule has 30 heavy (non-hydrogen) atoms. The molecule has 2 amide bonds. The fourth-order valence-corrected chi connectivity index (χ4v) is 2.67. The normalized spacial score (nSPS) is 11.7. The molecule has 1 aliphatic heterocycles. The molecule has 0 spiro atoms. The lowest BCUT2D eigenvalue weighted by molar-refractivity contribution is -0.140. The van der Waals surface area contributed by atoms with Crippen LogP contribution < -0.4 is 16.8 Å². The van der Waals surface area contributed by atoms with Gasteiger partial charge in [-0.2, -0.15) is 0 Å². The molecule has 0 saturated carbocycles. The second-order valence-electron chi connectivity index (χ2n) is 6.44. The number of carboxylic acids is 1. The number of benzene rings is 1. The second-order valence-corrected chi connectivity index (χ2v) is 6.44. The standard InChI is InChI=1S/C17H23N5O4.C2H4O2/c1-26-15(24)4-2-3-7-20-14(23)10-22-9-11-8-12(21-17(18)19)5-6-13(11)16(22)25;1-2(3)4/h5-6,8H,2-4,7,9-10H2,1H3,(H,20,23)(H4,18,19,21);1H3,(H,3,4). The van der Waals surface area contributed by atoms with Crippen LogP contribution >= 0.6 is 0 Å². The van der Waals surface area contributed by atoms with Gasteiger partial charge in [0.05, 0.1) is 12.8 Å². The Morgan fingerprint density at radius 2 is 1.93 bits per heavy atom. The summed E-state index contributed by atoms with van der Waals surface area (Å²) in [7, 11) is 1.34. The summed E-state index contributed by atoms with van der Waals surface area (Å²) in [4.78, 5) is 49.8. The molecule has 0 bridgehead atoms. The van der Waals surface area contributed by atoms with Crippen LogP contribution in [0.2, 0.25) is 0 Å². The average molecular weight is 421 g/mol. The van der Waals surface area contributed by atoms with Crippen molar-refractivity contribution in [2.75, 3.05) is 20.2 Å². The maximum Gasteiger partial charge on any atom is 0.305 e. The molecule has 11 heteroatoms. The smallest absolute Gasteiger partial charge is 0.305 e. The Balaban J connectivity index is 0.00000103. The van der Waals surface area contributed by atoms with Gasteiger partial charge in [-0.15, -0.1) is 0 Å². The summed E-state index contributed by atoms with van der Waals surface area (Å²) in [5.41, 5.74) is 12.6. The molecular formula is C19H27N5O6. The van der Waals surface area contributed by atoms with E-state index in [9.17, 15) is 14.4 Å². The summed E-state index contributed by atoms with van der Waals surface area (Å²) in [5.74, 6) is -1.60. The number of hydrogen-bond donors (Lipinski definition) is 4. The van der Waals surface area contributed by atoms with Crippen LogP contribution in [0.4, 0.5) is 5.69 Å². The molecule has 1 heterocycles. The Kier molecular flexibility index (Phi) is 9.80. The van der Waals surface area contributed by atoms with Gasteiger partial charge in [0.25, 0.3) is 11.9 Å². The van der Waals surface area contributed by atoms with Crippen molar-refractivity contribution in [3.63, 3.8) is 0 Å². The van der Waals surface area contributed by atoms with Gasteiger partial charge >= 0.3 is 5.97 Å². The third-order valence-corrected chi connectivity index (χ3v) is 3.92. The van der Waals surface area contributed by atoms with Crippen molar-refractivity contribution in [2.24, 2.45) is 16.5 Å². The summed E-state index contributed by atoms with van der Waals surface area (Å²) in [6, 6.07) is 5.04. The van der Waals surface area contributed by atoms with Gasteiger partial charge in [0, 0.05) is 32.0 Å². The molecule has 1 aromatic carbocycles. The van der Waals surface area contributed by atoms with E-state index in [0.29, 0.717) is 43.6 Å². The molecule has 2 rings (SSSR count). The third-order valence-electron chi connectivity index (χ3n) is 3.92. The minimum absolute atomic E-state index is 0.0257. The molecule has 0 saturated heterocycles. The minimum Gasteiger partial charge on any atom is -0.481 e. The molecule has 0 radical (unpaired) electrons. The van der Waals surface area contributed by atoms with Crippen molar-refractivity contribution >= 4 is 35.4 Å². The average Bonchev–Trinajstić information content (AvgIpc) is 2.95. The van der Waals surface area contributed by atoms with E-state index >= 15 is 0 Å². The molecule has 1 aromatic rings. The SMILES string of the molecule is CC(=O)O.COC(=O)CCCCNC(=O)CN1Cc2cc(N=C(N)N)ccc2C1=O. The number of unbranched alkanes of at least 4 members (excludes halogenated alkanes) is 1. The Labute approximate surface area is 174 Å². The van der Waals surface area contributed by atoms with Crippen molar-refractivity contribution in [2.45, 2.75) is 32.7 Å². The number of guanidine groups is 1. The molecule has 0 aliphatic carbocycles. The predicted octanol–water partition coefficient (Wildman–Crippen LogP) is 0.0977. The van der Waals surface area contributed by atoms with Crippen molar-refractivity contribution in [1.82, 2.24) is 10.2 Å². The molecule has 6 N–H and O–H groups in total. The van der Waals surface area contributed by atoms with Gasteiger partial charge in [0.2, 0.25) is 5.91 Å². The molecule has 11 nitrogen and oxygen atoms in total. The molecule has 0 unspecified atom stereocenters. The van der Waals surface area contributed by atoms with Crippen LogP contribution in [0.15, 0.2) is 23.2 Å². The quantitative estimate of drug-likeness (QED) is 0.197. The van der Waals surface area contributed by atoms with Crippen LogP contribution in [0.5, 0.6) is 0 Å². The van der Waals surface area contributed by atoms with E-state index in [1.54, 1.807) is 18.2 Å². The molecule has 1 aliphatic rings. The number of rotatable bonds is 8. The first-order valence-corrected chi connectivity index (χ1v) is 9.19. The fraction of sp³-hybridized carbons (Fsp3) is 0.421. The van der Waals surface area contributed by atoms with E-state index in [-0.39, 0.29) is 30.3 Å². The maximum atomic E-state index is 12.4. The van der Waals surface area contributed by atoms with Crippen LogP contribution in [0.25, 0.3) is 0 Å². The van der Waals surface area contributed by atoms with E-state index in [1.165, 1.54) is 12.0 Å². The zero-order chi connectivity index (χ0) is 22.7.